The highest BCUT2D eigenvalue weighted by Crippen LogP contribution is 2.28. The molecule has 0 radical (unpaired) electrons. The molecule has 3 heteroatoms. The molecule has 0 amide bonds. The molecule has 0 aliphatic rings. The van der Waals surface area contributed by atoms with Crippen LogP contribution in [0.15, 0.2) is 24.3 Å². The molecule has 3 nitrogen and oxygen atoms in total. The highest BCUT2D eigenvalue weighted by Gasteiger charge is 2.14. The predicted molar refractivity (Wildman–Crippen MR) is 80.1 cm³/mol. The van der Waals surface area contributed by atoms with Gasteiger partial charge in [0.25, 0.3) is 0 Å². The van der Waals surface area contributed by atoms with E-state index in [-0.39, 0.29) is 5.41 Å². The number of rotatable bonds is 1. The van der Waals surface area contributed by atoms with Gasteiger partial charge in [-0.25, -0.2) is 0 Å². The minimum atomic E-state index is 0.163. The zero-order valence-electron chi connectivity index (χ0n) is 12.3. The molecule has 0 spiro atoms. The van der Waals surface area contributed by atoms with E-state index in [1.807, 2.05) is 13.8 Å². The van der Waals surface area contributed by atoms with E-state index < -0.39 is 0 Å². The second-order valence-corrected chi connectivity index (χ2v) is 6.01. The largest absolute Gasteiger partial charge is 0.382 e. The van der Waals surface area contributed by atoms with Gasteiger partial charge >= 0.3 is 0 Å². The van der Waals surface area contributed by atoms with Crippen LogP contribution < -0.4 is 5.73 Å². The summed E-state index contributed by atoms with van der Waals surface area (Å²) in [5, 5.41) is 8.24. The van der Waals surface area contributed by atoms with Gasteiger partial charge in [-0.2, -0.15) is 0 Å². The van der Waals surface area contributed by atoms with E-state index in [1.54, 1.807) is 0 Å². The number of nitrogens with two attached hydrogens (primary N) is 1. The minimum Gasteiger partial charge on any atom is -0.382 e. The first kappa shape index (κ1) is 13.5. The highest BCUT2D eigenvalue weighted by molar-refractivity contribution is 5.66. The average molecular weight is 255 g/mol. The van der Waals surface area contributed by atoms with E-state index in [2.05, 4.69) is 55.2 Å². The molecule has 2 N–H and O–H groups in total. The fourth-order valence-corrected chi connectivity index (χ4v) is 2.03. The van der Waals surface area contributed by atoms with E-state index in [1.165, 1.54) is 5.56 Å². The summed E-state index contributed by atoms with van der Waals surface area (Å²) in [5.41, 5.74) is 11.3. The van der Waals surface area contributed by atoms with Crippen LogP contribution >= 0.6 is 0 Å². The van der Waals surface area contributed by atoms with E-state index >= 15 is 0 Å². The molecule has 1 heterocycles. The summed E-state index contributed by atoms with van der Waals surface area (Å²) >= 11 is 0. The van der Waals surface area contributed by atoms with Crippen molar-refractivity contribution in [3.05, 3.63) is 41.0 Å². The molecule has 1 aromatic carbocycles. The van der Waals surface area contributed by atoms with Crippen LogP contribution in [0.1, 0.15) is 37.5 Å². The second-order valence-electron chi connectivity index (χ2n) is 6.01. The summed E-state index contributed by atoms with van der Waals surface area (Å²) in [7, 11) is 0. The number of anilines is 1. The summed E-state index contributed by atoms with van der Waals surface area (Å²) < 4.78 is 0. The van der Waals surface area contributed by atoms with Crippen molar-refractivity contribution in [1.29, 1.82) is 0 Å². The Morgan fingerprint density at radius 1 is 0.895 bits per heavy atom. The summed E-state index contributed by atoms with van der Waals surface area (Å²) in [6, 6.07) is 8.52. The topological polar surface area (TPSA) is 51.8 Å². The van der Waals surface area contributed by atoms with Crippen molar-refractivity contribution < 1.29 is 0 Å². The van der Waals surface area contributed by atoms with Gasteiger partial charge < -0.3 is 5.73 Å². The van der Waals surface area contributed by atoms with Gasteiger partial charge in [-0.3, -0.25) is 0 Å². The lowest BCUT2D eigenvalue weighted by molar-refractivity contribution is 0.590. The maximum atomic E-state index is 5.78. The normalized spacial score (nSPS) is 11.6. The summed E-state index contributed by atoms with van der Waals surface area (Å²) in [4.78, 5) is 0. The van der Waals surface area contributed by atoms with Gasteiger partial charge in [-0.05, 0) is 36.0 Å². The monoisotopic (exact) mass is 255 g/mol. The van der Waals surface area contributed by atoms with Gasteiger partial charge in [0.15, 0.2) is 0 Å². The van der Waals surface area contributed by atoms with E-state index in [0.29, 0.717) is 5.82 Å². The van der Waals surface area contributed by atoms with Gasteiger partial charge in [0, 0.05) is 5.56 Å². The van der Waals surface area contributed by atoms with Crippen molar-refractivity contribution in [3.8, 4) is 11.3 Å². The Hall–Kier alpha value is -1.90. The van der Waals surface area contributed by atoms with E-state index in [4.69, 9.17) is 5.73 Å². The lowest BCUT2D eigenvalue weighted by Gasteiger charge is -2.19. The van der Waals surface area contributed by atoms with Crippen LogP contribution in [0.3, 0.4) is 0 Å². The second kappa shape index (κ2) is 4.65. The van der Waals surface area contributed by atoms with Crippen molar-refractivity contribution in [1.82, 2.24) is 10.2 Å². The zero-order chi connectivity index (χ0) is 14.2. The first-order valence-corrected chi connectivity index (χ1v) is 6.51. The van der Waals surface area contributed by atoms with Crippen molar-refractivity contribution in [2.75, 3.05) is 5.73 Å². The molecule has 0 aliphatic carbocycles. The Bertz CT molecular complexity index is 593. The van der Waals surface area contributed by atoms with Crippen LogP contribution in [0.4, 0.5) is 5.82 Å². The number of hydrogen-bond donors (Lipinski definition) is 1. The van der Waals surface area contributed by atoms with Crippen LogP contribution in [0.25, 0.3) is 11.3 Å². The van der Waals surface area contributed by atoms with Crippen molar-refractivity contribution in [2.45, 2.75) is 40.0 Å². The predicted octanol–water partition coefficient (Wildman–Crippen LogP) is 3.64. The van der Waals surface area contributed by atoms with Crippen LogP contribution in [0.5, 0.6) is 0 Å². The third-order valence-corrected chi connectivity index (χ3v) is 3.58. The Morgan fingerprint density at radius 3 is 2.00 bits per heavy atom. The lowest BCUT2D eigenvalue weighted by atomic mass is 9.86. The van der Waals surface area contributed by atoms with E-state index in [9.17, 15) is 0 Å². The Morgan fingerprint density at radius 2 is 1.47 bits per heavy atom. The van der Waals surface area contributed by atoms with Crippen molar-refractivity contribution >= 4 is 5.82 Å². The van der Waals surface area contributed by atoms with E-state index in [0.717, 1.165) is 22.4 Å². The molecule has 19 heavy (non-hydrogen) atoms. The van der Waals surface area contributed by atoms with Crippen LogP contribution in [-0.2, 0) is 5.41 Å². The summed E-state index contributed by atoms with van der Waals surface area (Å²) in [6.07, 6.45) is 0. The molecule has 0 bridgehead atoms. The molecule has 0 aliphatic heterocycles. The zero-order valence-corrected chi connectivity index (χ0v) is 12.3. The average Bonchev–Trinajstić information content (AvgIpc) is 2.35. The van der Waals surface area contributed by atoms with Gasteiger partial charge in [0.1, 0.15) is 5.82 Å². The molecule has 2 rings (SSSR count). The minimum absolute atomic E-state index is 0.163. The van der Waals surface area contributed by atoms with Gasteiger partial charge in [0.2, 0.25) is 0 Å². The molecule has 0 saturated carbocycles. The van der Waals surface area contributed by atoms with Crippen molar-refractivity contribution in [2.24, 2.45) is 0 Å². The molecule has 100 valence electrons. The molecule has 0 saturated heterocycles. The number of hydrogen-bond acceptors (Lipinski definition) is 3. The molecule has 0 atom stereocenters. The molecule has 1 aromatic heterocycles. The fourth-order valence-electron chi connectivity index (χ4n) is 2.03. The summed E-state index contributed by atoms with van der Waals surface area (Å²) in [5.74, 6) is 0.507. The molecule has 0 unspecified atom stereocenters. The van der Waals surface area contributed by atoms with Gasteiger partial charge in [0.05, 0.1) is 5.69 Å². The Labute approximate surface area is 114 Å². The molecule has 2 aromatic rings. The van der Waals surface area contributed by atoms with Crippen LogP contribution in [0.2, 0.25) is 0 Å². The number of aromatic nitrogens is 2. The first-order valence-electron chi connectivity index (χ1n) is 6.51. The molecular weight excluding hydrogens is 234 g/mol. The van der Waals surface area contributed by atoms with Crippen LogP contribution in [0, 0.1) is 13.8 Å². The Balaban J connectivity index is 2.46. The third-order valence-electron chi connectivity index (χ3n) is 3.58. The maximum Gasteiger partial charge on any atom is 0.149 e. The number of nitrogen functional groups attached to an aromatic ring is 1. The third kappa shape index (κ3) is 2.60. The van der Waals surface area contributed by atoms with Gasteiger partial charge in [-0.1, -0.05) is 45.0 Å². The maximum absolute atomic E-state index is 5.78. The number of nitrogens with zero attached hydrogens (tertiary/aromatic N) is 2. The smallest absolute Gasteiger partial charge is 0.149 e. The Kier molecular flexibility index (Phi) is 3.31. The highest BCUT2D eigenvalue weighted by atomic mass is 15.1. The lowest BCUT2D eigenvalue weighted by Crippen LogP contribution is -2.10. The van der Waals surface area contributed by atoms with Crippen molar-refractivity contribution in [3.63, 3.8) is 0 Å². The summed E-state index contributed by atoms with van der Waals surface area (Å²) in [6.45, 7) is 10.6. The number of benzene rings is 1. The quantitative estimate of drug-likeness (QED) is 0.846. The molecule has 0 fully saturated rings. The first-order chi connectivity index (χ1) is 8.80. The van der Waals surface area contributed by atoms with Crippen LogP contribution in [-0.4, -0.2) is 10.2 Å². The van der Waals surface area contributed by atoms with Gasteiger partial charge in [-0.15, -0.1) is 10.2 Å². The molecular formula is C16H21N3. The fraction of sp³-hybridized carbons (Fsp3) is 0.375. The standard InChI is InChI=1S/C16H21N3/c1-10-11(2)15(17)19-18-14(10)12-6-8-13(9-7-12)16(3,4)5/h6-9H,1-5H3,(H2,17,19). The SMILES string of the molecule is Cc1c(N)nnc(-c2ccc(C(C)(C)C)cc2)c1C.